The van der Waals surface area contributed by atoms with E-state index < -0.39 is 5.60 Å². The number of rotatable bonds is 2. The van der Waals surface area contributed by atoms with Crippen molar-refractivity contribution < 1.29 is 9.50 Å². The van der Waals surface area contributed by atoms with Gasteiger partial charge in [0.1, 0.15) is 5.82 Å². The third-order valence-corrected chi connectivity index (χ3v) is 4.16. The van der Waals surface area contributed by atoms with Crippen molar-refractivity contribution in [3.05, 3.63) is 46.2 Å². The van der Waals surface area contributed by atoms with Gasteiger partial charge in [-0.05, 0) is 53.7 Å². The Balaban J connectivity index is 1.75. The molecule has 0 spiro atoms. The Hall–Kier alpha value is -1.50. The maximum atomic E-state index is 13.0. The number of nitrogens with zero attached hydrogens (tertiary/aromatic N) is 4. The maximum Gasteiger partial charge on any atom is 0.230 e. The van der Waals surface area contributed by atoms with Crippen molar-refractivity contribution in [1.82, 2.24) is 15.0 Å². The second-order valence-corrected chi connectivity index (χ2v) is 5.88. The molecule has 1 aliphatic heterocycles. The lowest BCUT2D eigenvalue weighted by Crippen LogP contribution is -2.43. The quantitative estimate of drug-likeness (QED) is 0.909. The lowest BCUT2D eigenvalue weighted by molar-refractivity contribution is 0.0115. The van der Waals surface area contributed by atoms with Crippen LogP contribution in [0.1, 0.15) is 18.4 Å². The summed E-state index contributed by atoms with van der Waals surface area (Å²) in [5.41, 5.74) is -0.273. The molecular weight excluding hydrogens is 330 g/mol. The zero-order valence-electron chi connectivity index (χ0n) is 11.5. The van der Waals surface area contributed by atoms with E-state index in [0.717, 1.165) is 0 Å². The summed E-state index contributed by atoms with van der Waals surface area (Å²) in [7, 11) is 0. The average molecular weight is 343 g/mol. The highest BCUT2D eigenvalue weighted by atomic mass is 35.5. The molecule has 1 aromatic carbocycles. The van der Waals surface area contributed by atoms with Crippen molar-refractivity contribution in [3.63, 3.8) is 0 Å². The van der Waals surface area contributed by atoms with Gasteiger partial charge in [0.2, 0.25) is 16.5 Å². The molecule has 8 heteroatoms. The zero-order valence-corrected chi connectivity index (χ0v) is 13.0. The van der Waals surface area contributed by atoms with Gasteiger partial charge in [-0.3, -0.25) is 0 Å². The molecule has 0 aliphatic carbocycles. The van der Waals surface area contributed by atoms with Gasteiger partial charge in [0, 0.05) is 13.1 Å². The van der Waals surface area contributed by atoms with Gasteiger partial charge in [0.05, 0.1) is 5.60 Å². The van der Waals surface area contributed by atoms with Gasteiger partial charge in [-0.2, -0.15) is 15.0 Å². The molecule has 3 rings (SSSR count). The van der Waals surface area contributed by atoms with E-state index >= 15 is 0 Å². The van der Waals surface area contributed by atoms with Gasteiger partial charge < -0.3 is 10.0 Å². The van der Waals surface area contributed by atoms with Crippen molar-refractivity contribution >= 4 is 29.2 Å². The molecule has 1 N–H and O–H groups in total. The molecule has 22 heavy (non-hydrogen) atoms. The summed E-state index contributed by atoms with van der Waals surface area (Å²) in [5, 5.41) is 10.8. The van der Waals surface area contributed by atoms with Crippen LogP contribution in [0.2, 0.25) is 10.6 Å². The molecule has 1 saturated heterocycles. The molecule has 2 heterocycles. The molecule has 0 bridgehead atoms. The van der Waals surface area contributed by atoms with Gasteiger partial charge in [-0.25, -0.2) is 4.39 Å². The molecule has 5 nitrogen and oxygen atoms in total. The summed E-state index contributed by atoms with van der Waals surface area (Å²) in [6.07, 6.45) is 0.944. The monoisotopic (exact) mass is 342 g/mol. The summed E-state index contributed by atoms with van der Waals surface area (Å²) < 4.78 is 13.0. The molecule has 0 radical (unpaired) electrons. The van der Waals surface area contributed by atoms with Crippen molar-refractivity contribution in [2.45, 2.75) is 18.4 Å². The van der Waals surface area contributed by atoms with Crippen LogP contribution in [0.15, 0.2) is 24.3 Å². The van der Waals surface area contributed by atoms with E-state index in [1.165, 1.54) is 12.1 Å². The Labute approximate surface area is 136 Å². The number of piperidine rings is 1. The highest BCUT2D eigenvalue weighted by Gasteiger charge is 2.34. The Morgan fingerprint density at radius 3 is 2.09 bits per heavy atom. The number of halogens is 3. The molecular formula is C14H13Cl2FN4O. The Morgan fingerprint density at radius 1 is 1.00 bits per heavy atom. The predicted molar refractivity (Wildman–Crippen MR) is 81.6 cm³/mol. The van der Waals surface area contributed by atoms with Crippen LogP contribution in [0, 0.1) is 5.82 Å². The summed E-state index contributed by atoms with van der Waals surface area (Å²) >= 11 is 11.6. The molecule has 0 atom stereocenters. The second-order valence-electron chi connectivity index (χ2n) is 5.20. The first-order valence-electron chi connectivity index (χ1n) is 6.77. The second kappa shape index (κ2) is 5.95. The van der Waals surface area contributed by atoms with Crippen LogP contribution in [-0.2, 0) is 5.60 Å². The van der Waals surface area contributed by atoms with E-state index in [2.05, 4.69) is 15.0 Å². The number of hydrogen-bond donors (Lipinski definition) is 1. The smallest absolute Gasteiger partial charge is 0.230 e. The summed E-state index contributed by atoms with van der Waals surface area (Å²) in [6, 6.07) is 5.93. The number of aromatic nitrogens is 3. The van der Waals surface area contributed by atoms with Gasteiger partial charge in [0.15, 0.2) is 0 Å². The van der Waals surface area contributed by atoms with Crippen LogP contribution >= 0.6 is 23.2 Å². The van der Waals surface area contributed by atoms with Gasteiger partial charge in [-0.1, -0.05) is 12.1 Å². The number of hydrogen-bond acceptors (Lipinski definition) is 5. The van der Waals surface area contributed by atoms with E-state index in [1.807, 2.05) is 4.90 Å². The van der Waals surface area contributed by atoms with E-state index in [0.29, 0.717) is 37.4 Å². The molecule has 0 unspecified atom stereocenters. The van der Waals surface area contributed by atoms with Crippen molar-refractivity contribution in [2.75, 3.05) is 18.0 Å². The van der Waals surface area contributed by atoms with E-state index in [1.54, 1.807) is 12.1 Å². The first-order chi connectivity index (χ1) is 10.5. The number of aliphatic hydroxyl groups is 1. The SMILES string of the molecule is OC1(c2ccc(F)cc2)CCN(c2nc(Cl)nc(Cl)n2)CC1. The van der Waals surface area contributed by atoms with Crippen LogP contribution in [0.25, 0.3) is 0 Å². The molecule has 116 valence electrons. The third-order valence-electron chi connectivity index (χ3n) is 3.82. The van der Waals surface area contributed by atoms with Crippen molar-refractivity contribution in [3.8, 4) is 0 Å². The molecule has 1 aliphatic rings. The minimum Gasteiger partial charge on any atom is -0.385 e. The lowest BCUT2D eigenvalue weighted by atomic mass is 9.84. The standard InChI is InChI=1S/C14H13Cl2FN4O/c15-11-18-12(16)20-13(19-11)21-7-5-14(22,6-8-21)9-1-3-10(17)4-2-9/h1-4,22H,5-8H2. The first kappa shape index (κ1) is 15.4. The number of anilines is 1. The summed E-state index contributed by atoms with van der Waals surface area (Å²) in [6.45, 7) is 1.06. The van der Waals surface area contributed by atoms with Crippen molar-refractivity contribution in [2.24, 2.45) is 0 Å². The van der Waals surface area contributed by atoms with Crippen LogP contribution in [0.3, 0.4) is 0 Å². The molecule has 0 amide bonds. The minimum absolute atomic E-state index is 0.0365. The topological polar surface area (TPSA) is 62.1 Å². The van der Waals surface area contributed by atoms with Gasteiger partial charge >= 0.3 is 0 Å². The fourth-order valence-electron chi connectivity index (χ4n) is 2.58. The van der Waals surface area contributed by atoms with Crippen LogP contribution < -0.4 is 4.90 Å². The average Bonchev–Trinajstić information content (AvgIpc) is 2.47. The Kier molecular flexibility index (Phi) is 4.16. The largest absolute Gasteiger partial charge is 0.385 e. The Bertz CT molecular complexity index is 655. The third kappa shape index (κ3) is 3.14. The van der Waals surface area contributed by atoms with E-state index in [9.17, 15) is 9.50 Å². The minimum atomic E-state index is -0.981. The van der Waals surface area contributed by atoms with Gasteiger partial charge in [0.25, 0.3) is 0 Å². The summed E-state index contributed by atoms with van der Waals surface area (Å²) in [5.74, 6) is 0.0745. The zero-order chi connectivity index (χ0) is 15.7. The van der Waals surface area contributed by atoms with E-state index in [4.69, 9.17) is 23.2 Å². The molecule has 0 saturated carbocycles. The molecule has 1 aromatic heterocycles. The predicted octanol–water partition coefficient (Wildman–Crippen LogP) is 2.81. The first-order valence-corrected chi connectivity index (χ1v) is 7.52. The van der Waals surface area contributed by atoms with Crippen LogP contribution in [0.5, 0.6) is 0 Å². The molecule has 1 fully saturated rings. The van der Waals surface area contributed by atoms with Gasteiger partial charge in [-0.15, -0.1) is 0 Å². The highest BCUT2D eigenvalue weighted by Crippen LogP contribution is 2.34. The van der Waals surface area contributed by atoms with Crippen LogP contribution in [0.4, 0.5) is 10.3 Å². The maximum absolute atomic E-state index is 13.0. The summed E-state index contributed by atoms with van der Waals surface area (Å²) in [4.78, 5) is 13.7. The fourth-order valence-corrected chi connectivity index (χ4v) is 2.94. The normalized spacial score (nSPS) is 17.5. The van der Waals surface area contributed by atoms with Crippen LogP contribution in [-0.4, -0.2) is 33.1 Å². The lowest BCUT2D eigenvalue weighted by Gasteiger charge is -2.38. The Morgan fingerprint density at radius 2 is 1.55 bits per heavy atom. The molecule has 2 aromatic rings. The fraction of sp³-hybridized carbons (Fsp3) is 0.357. The highest BCUT2D eigenvalue weighted by molar-refractivity contribution is 6.31. The van der Waals surface area contributed by atoms with Crippen molar-refractivity contribution in [1.29, 1.82) is 0 Å². The number of benzene rings is 1. The van der Waals surface area contributed by atoms with E-state index in [-0.39, 0.29) is 16.4 Å².